The first kappa shape index (κ1) is 26.4. The molecule has 0 aliphatic carbocycles. The number of carbonyl (C=O) groups is 1. The van der Waals surface area contributed by atoms with Crippen molar-refractivity contribution in [2.75, 3.05) is 0 Å². The van der Waals surface area contributed by atoms with Crippen LogP contribution in [0, 0.1) is 0 Å². The number of nitrogens with two attached hydrogens (primary N) is 1. The molecule has 0 aliphatic heterocycles. The number of halogens is 15. The first-order valence-electron chi connectivity index (χ1n) is 6.15. The van der Waals surface area contributed by atoms with Crippen molar-refractivity contribution in [1.29, 1.82) is 0 Å². The summed E-state index contributed by atoms with van der Waals surface area (Å²) in [5.74, 6) is -50.2. The van der Waals surface area contributed by atoms with Gasteiger partial charge in [-0.3, -0.25) is 4.79 Å². The van der Waals surface area contributed by atoms with E-state index in [1.54, 1.807) is 0 Å². The molecule has 0 spiro atoms. The summed E-state index contributed by atoms with van der Waals surface area (Å²) in [6.07, 6.45) is -10.0. The molecule has 3 N–H and O–H groups in total. The summed E-state index contributed by atoms with van der Waals surface area (Å²) in [6.45, 7) is 0. The smallest absolute Gasteiger partial charge is 0.460 e. The molecule has 0 aromatic carbocycles. The summed E-state index contributed by atoms with van der Waals surface area (Å²) in [7, 11) is 0. The number of hydrogen-bond donors (Lipinski definition) is 2. The Labute approximate surface area is 143 Å². The molecule has 0 radical (unpaired) electrons. The van der Waals surface area contributed by atoms with Crippen LogP contribution >= 0.6 is 0 Å². The highest BCUT2D eigenvalue weighted by atomic mass is 19.4. The molecule has 28 heavy (non-hydrogen) atoms. The molecule has 0 bridgehead atoms. The minimum atomic E-state index is -8.42. The van der Waals surface area contributed by atoms with E-state index in [2.05, 4.69) is 5.73 Å². The van der Waals surface area contributed by atoms with E-state index < -0.39 is 60.1 Å². The van der Waals surface area contributed by atoms with Gasteiger partial charge in [-0.25, -0.2) is 0 Å². The van der Waals surface area contributed by atoms with Gasteiger partial charge in [-0.05, 0) is 0 Å². The molecule has 0 amide bonds. The monoisotopic (exact) mass is 457 g/mol. The van der Waals surface area contributed by atoms with Gasteiger partial charge in [-0.15, -0.1) is 0 Å². The SMILES string of the molecule is NC(CC(=O)O)C(F)(F)C(F)(F)C(F)(F)C(F)(F)C(F)(F)C(F)(F)C(F)(F)F. The van der Waals surface area contributed by atoms with Crippen LogP contribution in [-0.4, -0.2) is 58.8 Å². The highest BCUT2D eigenvalue weighted by Crippen LogP contribution is 2.62. The van der Waals surface area contributed by atoms with Crippen LogP contribution in [0.5, 0.6) is 0 Å². The van der Waals surface area contributed by atoms with Gasteiger partial charge < -0.3 is 10.8 Å². The third kappa shape index (κ3) is 3.42. The quantitative estimate of drug-likeness (QED) is 0.539. The van der Waals surface area contributed by atoms with E-state index in [1.807, 2.05) is 0 Å². The molecule has 0 saturated carbocycles. The summed E-state index contributed by atoms with van der Waals surface area (Å²) in [5, 5.41) is 8.06. The van der Waals surface area contributed by atoms with Crippen molar-refractivity contribution >= 4 is 5.97 Å². The van der Waals surface area contributed by atoms with Crippen molar-refractivity contribution in [3.8, 4) is 0 Å². The maximum absolute atomic E-state index is 13.3. The van der Waals surface area contributed by atoms with Crippen molar-refractivity contribution in [3.63, 3.8) is 0 Å². The number of carboxylic acid groups (broad SMARTS) is 1. The zero-order valence-electron chi connectivity index (χ0n) is 12.4. The number of rotatable bonds is 8. The summed E-state index contributed by atoms with van der Waals surface area (Å²) in [6, 6.07) is -3.96. The Morgan fingerprint density at radius 3 is 1.21 bits per heavy atom. The molecule has 18 heteroatoms. The van der Waals surface area contributed by atoms with E-state index in [0.717, 1.165) is 0 Å². The van der Waals surface area contributed by atoms with E-state index in [-0.39, 0.29) is 0 Å². The first-order chi connectivity index (χ1) is 11.8. The van der Waals surface area contributed by atoms with Crippen LogP contribution in [0.1, 0.15) is 6.42 Å². The zero-order valence-corrected chi connectivity index (χ0v) is 12.4. The van der Waals surface area contributed by atoms with Crippen molar-refractivity contribution < 1.29 is 75.8 Å². The number of alkyl halides is 15. The minimum absolute atomic E-state index is 2.33. The van der Waals surface area contributed by atoms with Crippen LogP contribution in [0.3, 0.4) is 0 Å². The fourth-order valence-corrected chi connectivity index (χ4v) is 1.53. The predicted molar refractivity (Wildman–Crippen MR) is 56.0 cm³/mol. The van der Waals surface area contributed by atoms with Crippen molar-refractivity contribution in [3.05, 3.63) is 0 Å². The van der Waals surface area contributed by atoms with E-state index in [9.17, 15) is 70.7 Å². The molecule has 168 valence electrons. The second-order valence-electron chi connectivity index (χ2n) is 5.20. The fourth-order valence-electron chi connectivity index (χ4n) is 1.53. The van der Waals surface area contributed by atoms with Crippen molar-refractivity contribution in [2.45, 2.75) is 54.2 Å². The predicted octanol–water partition coefficient (Wildman–Crippen LogP) is 4.16. The largest absolute Gasteiger partial charge is 0.481 e. The Morgan fingerprint density at radius 1 is 0.643 bits per heavy atom. The topological polar surface area (TPSA) is 63.3 Å². The molecule has 1 atom stereocenters. The van der Waals surface area contributed by atoms with Gasteiger partial charge in [-0.2, -0.15) is 65.9 Å². The molecule has 0 fully saturated rings. The summed E-state index contributed by atoms with van der Waals surface area (Å²) in [4.78, 5) is 10.1. The highest BCUT2D eigenvalue weighted by molar-refractivity contribution is 5.67. The van der Waals surface area contributed by atoms with Gasteiger partial charge in [-0.1, -0.05) is 0 Å². The second-order valence-corrected chi connectivity index (χ2v) is 5.20. The molecule has 0 saturated heterocycles. The molecule has 0 aromatic rings. The average molecular weight is 457 g/mol. The standard InChI is InChI=1S/C10H6F15NO2/c11-4(12,2(26)1-3(27)28)5(13,14)6(15,16)7(17,18)8(19,20)9(21,22)10(23,24)25/h2H,1,26H2,(H,27,28). The lowest BCUT2D eigenvalue weighted by atomic mass is 9.88. The van der Waals surface area contributed by atoms with Crippen molar-refractivity contribution in [2.24, 2.45) is 5.73 Å². The average Bonchev–Trinajstić information content (AvgIpc) is 2.43. The molecular weight excluding hydrogens is 451 g/mol. The maximum Gasteiger partial charge on any atom is 0.460 e. The summed E-state index contributed by atoms with van der Waals surface area (Å²) < 4.78 is 192. The Hall–Kier alpha value is -1.62. The van der Waals surface area contributed by atoms with Gasteiger partial charge in [0.2, 0.25) is 0 Å². The van der Waals surface area contributed by atoms with Crippen LogP contribution in [0.4, 0.5) is 65.9 Å². The molecule has 0 aromatic heterocycles. The fraction of sp³-hybridized carbons (Fsp3) is 0.900. The number of aliphatic carboxylic acids is 1. The van der Waals surface area contributed by atoms with Gasteiger partial charge in [0.15, 0.2) is 0 Å². The van der Waals surface area contributed by atoms with E-state index in [0.29, 0.717) is 0 Å². The lowest BCUT2D eigenvalue weighted by molar-refractivity contribution is -0.453. The lowest BCUT2D eigenvalue weighted by Crippen LogP contribution is -2.74. The van der Waals surface area contributed by atoms with Gasteiger partial charge in [0.1, 0.15) is 0 Å². The molecule has 0 rings (SSSR count). The molecule has 3 nitrogen and oxygen atoms in total. The van der Waals surface area contributed by atoms with Crippen LogP contribution in [0.25, 0.3) is 0 Å². The minimum Gasteiger partial charge on any atom is -0.481 e. The first-order valence-corrected chi connectivity index (χ1v) is 6.15. The van der Waals surface area contributed by atoms with Crippen LogP contribution in [0.15, 0.2) is 0 Å². The normalized spacial score (nSPS) is 16.9. The summed E-state index contributed by atoms with van der Waals surface area (Å²) in [5.41, 5.74) is 4.14. The molecule has 1 unspecified atom stereocenters. The number of hydrogen-bond acceptors (Lipinski definition) is 2. The molecule has 0 heterocycles. The third-order valence-electron chi connectivity index (χ3n) is 3.21. The Kier molecular flexibility index (Phi) is 6.33. The van der Waals surface area contributed by atoms with E-state index in [4.69, 9.17) is 5.11 Å². The summed E-state index contributed by atoms with van der Waals surface area (Å²) >= 11 is 0. The lowest BCUT2D eigenvalue weighted by Gasteiger charge is -2.42. The second kappa shape index (κ2) is 6.72. The third-order valence-corrected chi connectivity index (χ3v) is 3.21. The van der Waals surface area contributed by atoms with Gasteiger partial charge in [0, 0.05) is 0 Å². The van der Waals surface area contributed by atoms with E-state index in [1.165, 1.54) is 0 Å². The van der Waals surface area contributed by atoms with E-state index >= 15 is 0 Å². The molecular formula is C10H6F15NO2. The maximum atomic E-state index is 13.3. The Bertz CT molecular complexity index is 596. The molecule has 0 aliphatic rings. The van der Waals surface area contributed by atoms with Crippen LogP contribution in [-0.2, 0) is 4.79 Å². The highest BCUT2D eigenvalue weighted by Gasteiger charge is 2.93. The van der Waals surface area contributed by atoms with Crippen molar-refractivity contribution in [1.82, 2.24) is 0 Å². The Balaban J connectivity index is 6.51. The van der Waals surface area contributed by atoms with Crippen LogP contribution < -0.4 is 5.73 Å². The number of carboxylic acids is 1. The van der Waals surface area contributed by atoms with Gasteiger partial charge >= 0.3 is 47.7 Å². The zero-order chi connectivity index (χ0) is 23.4. The van der Waals surface area contributed by atoms with Crippen LogP contribution in [0.2, 0.25) is 0 Å². The van der Waals surface area contributed by atoms with Gasteiger partial charge in [0.05, 0.1) is 12.5 Å². The van der Waals surface area contributed by atoms with Gasteiger partial charge in [0.25, 0.3) is 0 Å². The Morgan fingerprint density at radius 2 is 0.929 bits per heavy atom.